The van der Waals surface area contributed by atoms with E-state index in [4.69, 9.17) is 4.74 Å². The fourth-order valence-electron chi connectivity index (χ4n) is 4.24. The van der Waals surface area contributed by atoms with Gasteiger partial charge in [-0.2, -0.15) is 13.2 Å². The third kappa shape index (κ3) is 6.44. The lowest BCUT2D eigenvalue weighted by atomic mass is 9.74. The average Bonchev–Trinajstić information content (AvgIpc) is 2.74. The number of nitrogens with one attached hydrogen (secondary N) is 1. The van der Waals surface area contributed by atoms with Gasteiger partial charge in [-0.3, -0.25) is 9.89 Å². The van der Waals surface area contributed by atoms with Crippen molar-refractivity contribution in [1.29, 1.82) is 0 Å². The molecule has 2 saturated heterocycles. The topological polar surface area (TPSA) is 40.1 Å². The highest BCUT2D eigenvalue weighted by Gasteiger charge is 2.41. The lowest BCUT2D eigenvalue weighted by Gasteiger charge is -2.42. The molecular weight excluding hydrogens is 527 g/mol. The Morgan fingerprint density at radius 2 is 1.71 bits per heavy atom. The molecule has 0 bridgehead atoms. The molecule has 5 nitrogen and oxygen atoms in total. The molecule has 2 fully saturated rings. The summed E-state index contributed by atoms with van der Waals surface area (Å²) < 4.78 is 57.9. The van der Waals surface area contributed by atoms with Crippen LogP contribution >= 0.6 is 24.0 Å². The molecule has 0 aliphatic carbocycles. The van der Waals surface area contributed by atoms with Crippen molar-refractivity contribution >= 4 is 29.9 Å². The van der Waals surface area contributed by atoms with Crippen molar-refractivity contribution in [3.05, 3.63) is 35.6 Å². The minimum atomic E-state index is -4.22. The molecule has 1 unspecified atom stereocenters. The predicted molar refractivity (Wildman–Crippen MR) is 124 cm³/mol. The number of nitrogens with zero attached hydrogens (tertiary/aromatic N) is 3. The van der Waals surface area contributed by atoms with Crippen LogP contribution in [0, 0.1) is 5.82 Å². The van der Waals surface area contributed by atoms with Crippen LogP contribution in [0.2, 0.25) is 0 Å². The highest BCUT2D eigenvalue weighted by atomic mass is 127. The van der Waals surface area contributed by atoms with Crippen LogP contribution in [0.3, 0.4) is 0 Å². The summed E-state index contributed by atoms with van der Waals surface area (Å²) in [5.74, 6) is 0.415. The summed E-state index contributed by atoms with van der Waals surface area (Å²) in [6, 6.07) is 5.15. The van der Waals surface area contributed by atoms with Crippen LogP contribution in [0.15, 0.2) is 29.3 Å². The first-order valence-electron chi connectivity index (χ1n) is 10.4. The number of piperazine rings is 1. The number of ether oxygens (including phenoxy) is 1. The lowest BCUT2D eigenvalue weighted by molar-refractivity contribution is -0.181. The van der Waals surface area contributed by atoms with Gasteiger partial charge in [-0.25, -0.2) is 4.39 Å². The van der Waals surface area contributed by atoms with Crippen LogP contribution in [0.4, 0.5) is 17.6 Å². The van der Waals surface area contributed by atoms with E-state index in [9.17, 15) is 17.6 Å². The van der Waals surface area contributed by atoms with E-state index in [0.717, 1.165) is 18.4 Å². The van der Waals surface area contributed by atoms with Gasteiger partial charge in [0, 0.05) is 58.4 Å². The molecule has 0 aromatic heterocycles. The smallest absolute Gasteiger partial charge is 0.381 e. The molecule has 2 aliphatic heterocycles. The van der Waals surface area contributed by atoms with Crippen molar-refractivity contribution in [2.75, 3.05) is 53.0 Å². The number of alkyl halides is 3. The normalized spacial score (nSPS) is 21.4. The minimum absolute atomic E-state index is 0. The Morgan fingerprint density at radius 3 is 2.23 bits per heavy atom. The van der Waals surface area contributed by atoms with E-state index in [1.54, 1.807) is 7.05 Å². The van der Waals surface area contributed by atoms with Crippen molar-refractivity contribution in [3.8, 4) is 0 Å². The number of benzene rings is 1. The molecule has 0 amide bonds. The van der Waals surface area contributed by atoms with Crippen LogP contribution in [-0.2, 0) is 10.2 Å². The number of rotatable bonds is 4. The highest BCUT2D eigenvalue weighted by Crippen LogP contribution is 2.34. The number of halogens is 5. The van der Waals surface area contributed by atoms with Crippen LogP contribution in [0.1, 0.15) is 25.3 Å². The van der Waals surface area contributed by atoms with E-state index in [0.29, 0.717) is 51.9 Å². The molecule has 1 aromatic carbocycles. The molecule has 0 radical (unpaired) electrons. The molecule has 1 atom stereocenters. The van der Waals surface area contributed by atoms with Gasteiger partial charge in [0.1, 0.15) is 11.9 Å². The zero-order valence-electron chi connectivity index (χ0n) is 17.9. The largest absolute Gasteiger partial charge is 0.403 e. The Hall–Kier alpha value is -1.14. The summed E-state index contributed by atoms with van der Waals surface area (Å²) in [7, 11) is 1.68. The van der Waals surface area contributed by atoms with E-state index < -0.39 is 12.2 Å². The third-order valence-electron chi connectivity index (χ3n) is 6.34. The maximum Gasteiger partial charge on any atom is 0.403 e. The predicted octanol–water partition coefficient (Wildman–Crippen LogP) is 3.64. The second-order valence-electron chi connectivity index (χ2n) is 8.04. The van der Waals surface area contributed by atoms with Gasteiger partial charge < -0.3 is 15.0 Å². The Balaban J connectivity index is 0.00000341. The number of guanidine groups is 1. The summed E-state index contributed by atoms with van der Waals surface area (Å²) in [6.45, 7) is 4.70. The molecule has 1 aromatic rings. The van der Waals surface area contributed by atoms with Gasteiger partial charge in [0.25, 0.3) is 0 Å². The van der Waals surface area contributed by atoms with E-state index >= 15 is 0 Å². The van der Waals surface area contributed by atoms with Crippen molar-refractivity contribution in [3.63, 3.8) is 0 Å². The van der Waals surface area contributed by atoms with Gasteiger partial charge in [-0.15, -0.1) is 24.0 Å². The van der Waals surface area contributed by atoms with Gasteiger partial charge in [0.15, 0.2) is 5.96 Å². The first-order chi connectivity index (χ1) is 14.2. The van der Waals surface area contributed by atoms with Gasteiger partial charge >= 0.3 is 6.18 Å². The summed E-state index contributed by atoms with van der Waals surface area (Å²) >= 11 is 0. The van der Waals surface area contributed by atoms with Gasteiger partial charge in [0.05, 0.1) is 0 Å². The molecule has 3 rings (SSSR count). The summed E-state index contributed by atoms with van der Waals surface area (Å²) in [6.07, 6.45) is -2.61. The number of aliphatic imine (C=N–C) groups is 1. The van der Waals surface area contributed by atoms with Crippen molar-refractivity contribution in [2.45, 2.75) is 37.4 Å². The van der Waals surface area contributed by atoms with Crippen LogP contribution < -0.4 is 5.32 Å². The second-order valence-corrected chi connectivity index (χ2v) is 8.04. The molecule has 10 heteroatoms. The molecular formula is C21H31F4IN4O. The maximum absolute atomic E-state index is 13.4. The summed E-state index contributed by atoms with van der Waals surface area (Å²) in [5.41, 5.74) is 0.855. The second kappa shape index (κ2) is 11.1. The van der Waals surface area contributed by atoms with Crippen LogP contribution in [-0.4, -0.2) is 81.0 Å². The fourth-order valence-corrected chi connectivity index (χ4v) is 4.24. The van der Waals surface area contributed by atoms with E-state index in [2.05, 4.69) is 10.3 Å². The van der Waals surface area contributed by atoms with Crippen LogP contribution in [0.5, 0.6) is 0 Å². The van der Waals surface area contributed by atoms with E-state index in [1.165, 1.54) is 24.0 Å². The summed E-state index contributed by atoms with van der Waals surface area (Å²) in [4.78, 5) is 7.81. The van der Waals surface area contributed by atoms with Crippen molar-refractivity contribution in [1.82, 2.24) is 15.1 Å². The quantitative estimate of drug-likeness (QED) is 0.265. The monoisotopic (exact) mass is 558 g/mol. The molecule has 31 heavy (non-hydrogen) atoms. The molecule has 2 aliphatic rings. The molecule has 1 N–H and O–H groups in total. The average molecular weight is 558 g/mol. The zero-order valence-corrected chi connectivity index (χ0v) is 20.3. The Labute approximate surface area is 198 Å². The first kappa shape index (κ1) is 26.1. The fraction of sp³-hybridized carbons (Fsp3) is 0.667. The van der Waals surface area contributed by atoms with Gasteiger partial charge in [-0.05, 0) is 37.5 Å². The minimum Gasteiger partial charge on any atom is -0.381 e. The number of hydrogen-bond donors (Lipinski definition) is 1. The molecule has 2 heterocycles. The van der Waals surface area contributed by atoms with Crippen LogP contribution in [0.25, 0.3) is 0 Å². The standard InChI is InChI=1S/C21H30F4N4O.HI/c1-16(21(23,24)25)28-9-11-29(12-10-28)19(26-2)27-15-20(7-13-30-14-8-20)17-3-5-18(22)6-4-17;/h3-6,16H,7-15H2,1-2H3,(H,26,27);1H. The van der Waals surface area contributed by atoms with Gasteiger partial charge in [0.2, 0.25) is 0 Å². The molecule has 0 saturated carbocycles. The van der Waals surface area contributed by atoms with Crippen molar-refractivity contribution in [2.24, 2.45) is 4.99 Å². The SMILES string of the molecule is CN=C(NCC1(c2ccc(F)cc2)CCOCC1)N1CCN(C(C)C(F)(F)F)CC1.I. The van der Waals surface area contributed by atoms with Crippen molar-refractivity contribution < 1.29 is 22.3 Å². The molecule has 176 valence electrons. The van der Waals surface area contributed by atoms with Gasteiger partial charge in [-0.1, -0.05) is 12.1 Å². The van der Waals surface area contributed by atoms with E-state index in [-0.39, 0.29) is 35.2 Å². The zero-order chi connectivity index (χ0) is 21.8. The van der Waals surface area contributed by atoms with E-state index in [1.807, 2.05) is 17.0 Å². The highest BCUT2D eigenvalue weighted by molar-refractivity contribution is 14.0. The number of hydrogen-bond acceptors (Lipinski definition) is 3. The Kier molecular flexibility index (Phi) is 9.38. The third-order valence-corrected chi connectivity index (χ3v) is 6.34. The Morgan fingerprint density at radius 1 is 1.13 bits per heavy atom. The lowest BCUT2D eigenvalue weighted by Crippen LogP contribution is -2.57. The Bertz CT molecular complexity index is 715. The first-order valence-corrected chi connectivity index (χ1v) is 10.4. The maximum atomic E-state index is 13.4. The molecule has 0 spiro atoms. The summed E-state index contributed by atoms with van der Waals surface area (Å²) in [5, 5.41) is 3.42.